The molecule has 1 atom stereocenters. The number of benzene rings is 1. The molecule has 0 bridgehead atoms. The zero-order valence-electron chi connectivity index (χ0n) is 10.5. The van der Waals surface area contributed by atoms with Gasteiger partial charge in [-0.3, -0.25) is 9.59 Å². The lowest BCUT2D eigenvalue weighted by Crippen LogP contribution is -2.36. The largest absolute Gasteiger partial charge is 0.454 e. The van der Waals surface area contributed by atoms with Crippen LogP contribution in [0.25, 0.3) is 0 Å². The molecule has 0 unspecified atom stereocenters. The second-order valence-electron chi connectivity index (χ2n) is 4.33. The molecule has 1 aromatic rings. The quantitative estimate of drug-likeness (QED) is 0.807. The van der Waals surface area contributed by atoms with Crippen LogP contribution in [-0.2, 0) is 19.1 Å². The summed E-state index contributed by atoms with van der Waals surface area (Å²) in [6.45, 7) is -0.377. The Labute approximate surface area is 124 Å². The zero-order chi connectivity index (χ0) is 14.5. The number of rotatable bonds is 4. The first kappa shape index (κ1) is 14.5. The Morgan fingerprint density at radius 3 is 2.90 bits per heavy atom. The van der Waals surface area contributed by atoms with Gasteiger partial charge >= 0.3 is 5.97 Å². The van der Waals surface area contributed by atoms with Crippen LogP contribution in [0.2, 0.25) is 0 Å². The molecule has 1 saturated heterocycles. The monoisotopic (exact) mass is 340 g/mol. The summed E-state index contributed by atoms with van der Waals surface area (Å²) in [5, 5.41) is 5.09. The maximum Gasteiger partial charge on any atom is 0.329 e. The summed E-state index contributed by atoms with van der Waals surface area (Å²) >= 11 is 3.29. The first-order valence-electron chi connectivity index (χ1n) is 6.06. The Balaban J connectivity index is 1.77. The van der Waals surface area contributed by atoms with E-state index in [2.05, 4.69) is 26.6 Å². The minimum Gasteiger partial charge on any atom is -0.454 e. The summed E-state index contributed by atoms with van der Waals surface area (Å²) in [7, 11) is 0. The molecule has 6 nitrogen and oxygen atoms in total. The summed E-state index contributed by atoms with van der Waals surface area (Å²) < 4.78 is 5.70. The highest BCUT2D eigenvalue weighted by molar-refractivity contribution is 9.10. The van der Waals surface area contributed by atoms with E-state index >= 15 is 0 Å². The van der Waals surface area contributed by atoms with Crippen LogP contribution in [0.3, 0.4) is 0 Å². The molecule has 1 aliphatic rings. The van der Waals surface area contributed by atoms with E-state index in [1.807, 2.05) is 6.07 Å². The molecular formula is C13H13BrN2O4. The fourth-order valence-electron chi connectivity index (χ4n) is 1.79. The molecule has 2 N–H and O–H groups in total. The number of hydrogen-bond donors (Lipinski definition) is 2. The lowest BCUT2D eigenvalue weighted by atomic mass is 10.2. The molecule has 2 amide bonds. The summed E-state index contributed by atoms with van der Waals surface area (Å²) in [4.78, 5) is 34.2. The zero-order valence-corrected chi connectivity index (χ0v) is 12.1. The van der Waals surface area contributed by atoms with Gasteiger partial charge in [0.15, 0.2) is 6.61 Å². The SMILES string of the molecule is O=C(COC(=O)[C@H]1CCC(=O)N1)Nc1cccc(Br)c1. The van der Waals surface area contributed by atoms with E-state index in [0.717, 1.165) is 4.47 Å². The lowest BCUT2D eigenvalue weighted by Gasteiger charge is -2.10. The van der Waals surface area contributed by atoms with Crippen molar-refractivity contribution >= 4 is 39.4 Å². The standard InChI is InChI=1S/C13H13BrN2O4/c14-8-2-1-3-9(6-8)15-12(18)7-20-13(19)10-4-5-11(17)16-10/h1-3,6,10H,4-5,7H2,(H,15,18)(H,16,17)/t10-/m1/s1. The number of esters is 1. The number of ether oxygens (including phenoxy) is 1. The van der Waals surface area contributed by atoms with Crippen molar-refractivity contribution < 1.29 is 19.1 Å². The van der Waals surface area contributed by atoms with E-state index in [0.29, 0.717) is 18.5 Å². The van der Waals surface area contributed by atoms with Crippen LogP contribution in [0.15, 0.2) is 28.7 Å². The topological polar surface area (TPSA) is 84.5 Å². The molecule has 0 saturated carbocycles. The van der Waals surface area contributed by atoms with Gasteiger partial charge in [-0.15, -0.1) is 0 Å². The highest BCUT2D eigenvalue weighted by atomic mass is 79.9. The van der Waals surface area contributed by atoms with Crippen molar-refractivity contribution in [2.45, 2.75) is 18.9 Å². The first-order chi connectivity index (χ1) is 9.54. The third-order valence-electron chi connectivity index (χ3n) is 2.73. The van der Waals surface area contributed by atoms with Crippen molar-refractivity contribution in [1.82, 2.24) is 5.32 Å². The number of anilines is 1. The number of nitrogens with one attached hydrogen (secondary N) is 2. The van der Waals surface area contributed by atoms with Crippen LogP contribution in [-0.4, -0.2) is 30.4 Å². The first-order valence-corrected chi connectivity index (χ1v) is 6.85. The number of amides is 2. The van der Waals surface area contributed by atoms with E-state index in [1.54, 1.807) is 18.2 Å². The molecule has 1 heterocycles. The molecule has 0 aliphatic carbocycles. The highest BCUT2D eigenvalue weighted by Gasteiger charge is 2.28. The average molecular weight is 341 g/mol. The normalized spacial score (nSPS) is 17.4. The predicted molar refractivity (Wildman–Crippen MR) is 74.9 cm³/mol. The van der Waals surface area contributed by atoms with Crippen molar-refractivity contribution in [1.29, 1.82) is 0 Å². The molecule has 0 spiro atoms. The maximum absolute atomic E-state index is 11.6. The number of carbonyl (C=O) groups is 3. The van der Waals surface area contributed by atoms with Crippen molar-refractivity contribution in [3.8, 4) is 0 Å². The number of halogens is 1. The molecule has 106 valence electrons. The van der Waals surface area contributed by atoms with Gasteiger partial charge in [0, 0.05) is 16.6 Å². The van der Waals surface area contributed by atoms with Crippen molar-refractivity contribution in [2.24, 2.45) is 0 Å². The van der Waals surface area contributed by atoms with Crippen LogP contribution in [0.1, 0.15) is 12.8 Å². The molecule has 1 aromatic carbocycles. The van der Waals surface area contributed by atoms with Gasteiger partial charge in [-0.1, -0.05) is 22.0 Å². The Hall–Kier alpha value is -1.89. The van der Waals surface area contributed by atoms with Gasteiger partial charge in [0.25, 0.3) is 5.91 Å². The summed E-state index contributed by atoms with van der Waals surface area (Å²) in [6.07, 6.45) is 0.717. The predicted octanol–water partition coefficient (Wildman–Crippen LogP) is 1.21. The van der Waals surface area contributed by atoms with Crippen molar-refractivity contribution in [3.05, 3.63) is 28.7 Å². The van der Waals surface area contributed by atoms with Gasteiger partial charge in [-0.25, -0.2) is 4.79 Å². The maximum atomic E-state index is 11.6. The fourth-order valence-corrected chi connectivity index (χ4v) is 2.19. The van der Waals surface area contributed by atoms with Crippen LogP contribution in [0, 0.1) is 0 Å². The third-order valence-corrected chi connectivity index (χ3v) is 3.23. The van der Waals surface area contributed by atoms with E-state index in [1.165, 1.54) is 0 Å². The van der Waals surface area contributed by atoms with Gasteiger partial charge < -0.3 is 15.4 Å². The van der Waals surface area contributed by atoms with Crippen LogP contribution < -0.4 is 10.6 Å². The lowest BCUT2D eigenvalue weighted by molar-refractivity contribution is -0.149. The van der Waals surface area contributed by atoms with E-state index in [-0.39, 0.29) is 12.5 Å². The molecule has 0 radical (unpaired) electrons. The average Bonchev–Trinajstić information content (AvgIpc) is 2.83. The summed E-state index contributed by atoms with van der Waals surface area (Å²) in [5.41, 5.74) is 0.606. The molecule has 1 aliphatic heterocycles. The number of hydrogen-bond acceptors (Lipinski definition) is 4. The Morgan fingerprint density at radius 2 is 2.25 bits per heavy atom. The summed E-state index contributed by atoms with van der Waals surface area (Å²) in [6, 6.07) is 6.43. The highest BCUT2D eigenvalue weighted by Crippen LogP contribution is 2.15. The van der Waals surface area contributed by atoms with Crippen LogP contribution in [0.4, 0.5) is 5.69 Å². The van der Waals surface area contributed by atoms with Crippen LogP contribution in [0.5, 0.6) is 0 Å². The van der Waals surface area contributed by atoms with Gasteiger partial charge in [0.2, 0.25) is 5.91 Å². The van der Waals surface area contributed by atoms with Gasteiger partial charge in [-0.05, 0) is 24.6 Å². The fraction of sp³-hybridized carbons (Fsp3) is 0.308. The third kappa shape index (κ3) is 4.06. The van der Waals surface area contributed by atoms with Gasteiger partial charge in [-0.2, -0.15) is 0 Å². The Bertz CT molecular complexity index is 547. The van der Waals surface area contributed by atoms with E-state index in [4.69, 9.17) is 4.74 Å². The second kappa shape index (κ2) is 6.51. The number of carbonyl (C=O) groups excluding carboxylic acids is 3. The van der Waals surface area contributed by atoms with Crippen molar-refractivity contribution in [3.63, 3.8) is 0 Å². The van der Waals surface area contributed by atoms with Crippen LogP contribution >= 0.6 is 15.9 Å². The Kier molecular flexibility index (Phi) is 4.73. The minimum absolute atomic E-state index is 0.175. The van der Waals surface area contributed by atoms with E-state index < -0.39 is 17.9 Å². The second-order valence-corrected chi connectivity index (χ2v) is 5.24. The Morgan fingerprint density at radius 1 is 1.45 bits per heavy atom. The molecule has 7 heteroatoms. The smallest absolute Gasteiger partial charge is 0.329 e. The minimum atomic E-state index is -0.638. The van der Waals surface area contributed by atoms with Gasteiger partial charge in [0.05, 0.1) is 0 Å². The van der Waals surface area contributed by atoms with Gasteiger partial charge in [0.1, 0.15) is 6.04 Å². The van der Waals surface area contributed by atoms with E-state index in [9.17, 15) is 14.4 Å². The molecule has 1 fully saturated rings. The summed E-state index contributed by atoms with van der Waals surface area (Å²) in [5.74, 6) is -1.19. The molecule has 20 heavy (non-hydrogen) atoms. The van der Waals surface area contributed by atoms with Crippen molar-refractivity contribution in [2.75, 3.05) is 11.9 Å². The molecule has 0 aromatic heterocycles. The molecular weight excluding hydrogens is 328 g/mol. The molecule has 2 rings (SSSR count).